The van der Waals surface area contributed by atoms with Gasteiger partial charge in [0, 0.05) is 6.54 Å². The summed E-state index contributed by atoms with van der Waals surface area (Å²) in [5.74, 6) is -0.191. The van der Waals surface area contributed by atoms with Crippen LogP contribution in [-0.4, -0.2) is 23.4 Å². The maximum absolute atomic E-state index is 11.2. The molecule has 1 fully saturated rings. The van der Waals surface area contributed by atoms with Crippen molar-refractivity contribution in [2.24, 2.45) is 5.73 Å². The molecule has 17 heavy (non-hydrogen) atoms. The van der Waals surface area contributed by atoms with E-state index in [2.05, 4.69) is 17.0 Å². The molecule has 94 valence electrons. The van der Waals surface area contributed by atoms with Crippen LogP contribution >= 0.6 is 0 Å². The van der Waals surface area contributed by atoms with Crippen LogP contribution in [0.25, 0.3) is 0 Å². The van der Waals surface area contributed by atoms with Gasteiger partial charge < -0.3 is 5.73 Å². The number of hydrogen-bond donors (Lipinski definition) is 1. The van der Waals surface area contributed by atoms with Gasteiger partial charge in [0.25, 0.3) is 0 Å². The van der Waals surface area contributed by atoms with Crippen LogP contribution in [0.3, 0.4) is 0 Å². The van der Waals surface area contributed by atoms with Crippen molar-refractivity contribution in [3.8, 4) is 0 Å². The SMILES string of the molecule is CC.NC(=O)C1CCCN1Cc1ccccc1. The van der Waals surface area contributed by atoms with Gasteiger partial charge in [0.1, 0.15) is 0 Å². The summed E-state index contributed by atoms with van der Waals surface area (Å²) in [7, 11) is 0. The molecule has 1 amide bonds. The molecule has 1 saturated heterocycles. The Bertz CT molecular complexity index is 337. The molecule has 1 aromatic rings. The number of amides is 1. The lowest BCUT2D eigenvalue weighted by atomic mass is 10.2. The van der Waals surface area contributed by atoms with Crippen molar-refractivity contribution in [3.05, 3.63) is 35.9 Å². The first kappa shape index (κ1) is 13.7. The van der Waals surface area contributed by atoms with Gasteiger partial charge in [-0.15, -0.1) is 0 Å². The van der Waals surface area contributed by atoms with Gasteiger partial charge in [0.05, 0.1) is 6.04 Å². The zero-order chi connectivity index (χ0) is 12.7. The maximum Gasteiger partial charge on any atom is 0.234 e. The first-order chi connectivity index (χ1) is 8.27. The quantitative estimate of drug-likeness (QED) is 0.871. The zero-order valence-corrected chi connectivity index (χ0v) is 10.7. The lowest BCUT2D eigenvalue weighted by molar-refractivity contribution is -0.122. The van der Waals surface area contributed by atoms with E-state index in [4.69, 9.17) is 5.73 Å². The summed E-state index contributed by atoms with van der Waals surface area (Å²) in [6.45, 7) is 5.80. The van der Waals surface area contributed by atoms with Gasteiger partial charge in [-0.05, 0) is 24.9 Å². The third-order valence-electron chi connectivity index (χ3n) is 2.92. The van der Waals surface area contributed by atoms with Crippen LogP contribution in [0.4, 0.5) is 0 Å². The van der Waals surface area contributed by atoms with Crippen LogP contribution in [0.2, 0.25) is 0 Å². The number of benzene rings is 1. The Labute approximate surface area is 104 Å². The van der Waals surface area contributed by atoms with E-state index in [0.29, 0.717) is 0 Å². The predicted molar refractivity (Wildman–Crippen MR) is 70.4 cm³/mol. The lowest BCUT2D eigenvalue weighted by Crippen LogP contribution is -2.39. The zero-order valence-electron chi connectivity index (χ0n) is 10.7. The second-order valence-corrected chi connectivity index (χ2v) is 4.02. The molecule has 2 N–H and O–H groups in total. The molecule has 0 bridgehead atoms. The van der Waals surface area contributed by atoms with Gasteiger partial charge in [-0.1, -0.05) is 44.2 Å². The van der Waals surface area contributed by atoms with Crippen LogP contribution in [-0.2, 0) is 11.3 Å². The molecule has 0 aliphatic carbocycles. The van der Waals surface area contributed by atoms with Crippen molar-refractivity contribution >= 4 is 5.91 Å². The molecule has 0 aromatic heterocycles. The summed E-state index contributed by atoms with van der Waals surface area (Å²) in [5, 5.41) is 0. The van der Waals surface area contributed by atoms with Gasteiger partial charge in [-0.2, -0.15) is 0 Å². The number of carbonyl (C=O) groups excluding carboxylic acids is 1. The Balaban J connectivity index is 0.000000686. The largest absolute Gasteiger partial charge is 0.368 e. The van der Waals surface area contributed by atoms with E-state index in [1.165, 1.54) is 5.56 Å². The topological polar surface area (TPSA) is 46.3 Å². The number of carbonyl (C=O) groups is 1. The summed E-state index contributed by atoms with van der Waals surface area (Å²) in [4.78, 5) is 13.3. The summed E-state index contributed by atoms with van der Waals surface area (Å²) < 4.78 is 0. The third kappa shape index (κ3) is 3.86. The molecule has 1 aromatic carbocycles. The van der Waals surface area contributed by atoms with Gasteiger partial charge in [0.15, 0.2) is 0 Å². The normalized spacial score (nSPS) is 19.5. The van der Waals surface area contributed by atoms with E-state index >= 15 is 0 Å². The molecular formula is C14H22N2O. The van der Waals surface area contributed by atoms with Crippen molar-refractivity contribution in [3.63, 3.8) is 0 Å². The summed E-state index contributed by atoms with van der Waals surface area (Å²) in [6.07, 6.45) is 1.97. The fourth-order valence-corrected chi connectivity index (χ4v) is 2.16. The molecule has 1 aliphatic heterocycles. The van der Waals surface area contributed by atoms with Gasteiger partial charge in [-0.3, -0.25) is 9.69 Å². The first-order valence-corrected chi connectivity index (χ1v) is 6.34. The average Bonchev–Trinajstić information content (AvgIpc) is 2.81. The molecule has 3 heteroatoms. The molecule has 1 unspecified atom stereocenters. The summed E-state index contributed by atoms with van der Waals surface area (Å²) in [6, 6.07) is 10.1. The fraction of sp³-hybridized carbons (Fsp3) is 0.500. The van der Waals surface area contributed by atoms with Crippen molar-refractivity contribution < 1.29 is 4.79 Å². The number of nitrogens with two attached hydrogens (primary N) is 1. The Morgan fingerprint density at radius 3 is 2.59 bits per heavy atom. The highest BCUT2D eigenvalue weighted by molar-refractivity contribution is 5.80. The maximum atomic E-state index is 11.2. The highest BCUT2D eigenvalue weighted by Gasteiger charge is 2.28. The molecular weight excluding hydrogens is 212 g/mol. The van der Waals surface area contributed by atoms with Crippen LogP contribution in [0.5, 0.6) is 0 Å². The highest BCUT2D eigenvalue weighted by Crippen LogP contribution is 2.19. The van der Waals surface area contributed by atoms with E-state index < -0.39 is 0 Å². The van der Waals surface area contributed by atoms with E-state index in [9.17, 15) is 4.79 Å². The van der Waals surface area contributed by atoms with Crippen LogP contribution < -0.4 is 5.73 Å². The fourth-order valence-electron chi connectivity index (χ4n) is 2.16. The monoisotopic (exact) mass is 234 g/mol. The van der Waals surface area contributed by atoms with Gasteiger partial charge in [-0.25, -0.2) is 0 Å². The van der Waals surface area contributed by atoms with Crippen molar-refractivity contribution in [2.75, 3.05) is 6.54 Å². The predicted octanol–water partition coefficient (Wildman–Crippen LogP) is 2.16. The van der Waals surface area contributed by atoms with Gasteiger partial charge in [0.2, 0.25) is 5.91 Å². The minimum atomic E-state index is -0.191. The second kappa shape index (κ2) is 7.07. The smallest absolute Gasteiger partial charge is 0.234 e. The lowest BCUT2D eigenvalue weighted by Gasteiger charge is -2.21. The van der Waals surface area contributed by atoms with Crippen LogP contribution in [0.15, 0.2) is 30.3 Å². The molecule has 2 rings (SSSR count). The minimum Gasteiger partial charge on any atom is -0.368 e. The van der Waals surface area contributed by atoms with E-state index in [1.807, 2.05) is 32.0 Å². The Morgan fingerprint density at radius 2 is 2.00 bits per heavy atom. The Morgan fingerprint density at radius 1 is 1.35 bits per heavy atom. The van der Waals surface area contributed by atoms with Crippen molar-refractivity contribution in [1.29, 1.82) is 0 Å². The minimum absolute atomic E-state index is 0.0646. The molecule has 0 radical (unpaired) electrons. The number of hydrogen-bond acceptors (Lipinski definition) is 2. The summed E-state index contributed by atoms with van der Waals surface area (Å²) in [5.41, 5.74) is 6.60. The molecule has 1 heterocycles. The molecule has 1 aliphatic rings. The molecule has 0 saturated carbocycles. The van der Waals surface area contributed by atoms with Crippen molar-refractivity contribution in [1.82, 2.24) is 4.90 Å². The number of nitrogens with zero attached hydrogens (tertiary/aromatic N) is 1. The summed E-state index contributed by atoms with van der Waals surface area (Å²) >= 11 is 0. The molecule has 0 spiro atoms. The molecule has 3 nitrogen and oxygen atoms in total. The number of likely N-dealkylation sites (tertiary alicyclic amines) is 1. The third-order valence-corrected chi connectivity index (χ3v) is 2.92. The number of primary amides is 1. The number of rotatable bonds is 3. The average molecular weight is 234 g/mol. The van der Waals surface area contributed by atoms with Crippen LogP contribution in [0.1, 0.15) is 32.3 Å². The second-order valence-electron chi connectivity index (χ2n) is 4.02. The Hall–Kier alpha value is -1.35. The molecule has 1 atom stereocenters. The van der Waals surface area contributed by atoms with E-state index in [-0.39, 0.29) is 11.9 Å². The van der Waals surface area contributed by atoms with E-state index in [1.54, 1.807) is 0 Å². The van der Waals surface area contributed by atoms with E-state index in [0.717, 1.165) is 25.9 Å². The Kier molecular flexibility index (Phi) is 5.70. The standard InChI is InChI=1S/C12H16N2O.C2H6/c13-12(15)11-7-4-8-14(11)9-10-5-2-1-3-6-10;1-2/h1-3,5-6,11H,4,7-9H2,(H2,13,15);1-2H3. The highest BCUT2D eigenvalue weighted by atomic mass is 16.1. The van der Waals surface area contributed by atoms with Crippen LogP contribution in [0, 0.1) is 0 Å². The van der Waals surface area contributed by atoms with Crippen molar-refractivity contribution in [2.45, 2.75) is 39.3 Å². The first-order valence-electron chi connectivity index (χ1n) is 6.34. The van der Waals surface area contributed by atoms with Gasteiger partial charge >= 0.3 is 0 Å².